The van der Waals surface area contributed by atoms with Gasteiger partial charge in [-0.1, -0.05) is 12.1 Å². The quantitative estimate of drug-likeness (QED) is 0.742. The Balaban J connectivity index is 2.60. The molecule has 116 valence electrons. The van der Waals surface area contributed by atoms with Crippen molar-refractivity contribution < 1.29 is 23.1 Å². The van der Waals surface area contributed by atoms with Crippen LogP contribution in [0.15, 0.2) is 29.2 Å². The van der Waals surface area contributed by atoms with Crippen LogP contribution in [0.25, 0.3) is 0 Å². The Bertz CT molecular complexity index is 635. The minimum atomic E-state index is -3.25. The zero-order valence-electron chi connectivity index (χ0n) is 12.0. The third kappa shape index (κ3) is 5.07. The van der Waals surface area contributed by atoms with Gasteiger partial charge in [0.05, 0.1) is 4.90 Å². The standard InChI is InChI=1S/C13H18N2O5S/c1-13(2,11(16)17)15-12(18)14-8-9-4-6-10(7-5-9)21(3,19)20/h4-7H,8H2,1-3H3,(H,16,17)(H2,14,15,18). The van der Waals surface area contributed by atoms with Crippen molar-refractivity contribution in [3.05, 3.63) is 29.8 Å². The van der Waals surface area contributed by atoms with E-state index in [0.717, 1.165) is 6.26 Å². The van der Waals surface area contributed by atoms with Crippen LogP contribution in [0.2, 0.25) is 0 Å². The monoisotopic (exact) mass is 314 g/mol. The highest BCUT2D eigenvalue weighted by molar-refractivity contribution is 7.90. The summed E-state index contributed by atoms with van der Waals surface area (Å²) in [5.74, 6) is -1.14. The van der Waals surface area contributed by atoms with Crippen LogP contribution in [0.3, 0.4) is 0 Å². The van der Waals surface area contributed by atoms with Gasteiger partial charge in [0.25, 0.3) is 0 Å². The first-order chi connectivity index (χ1) is 9.52. The molecule has 2 amide bonds. The third-order valence-corrected chi connectivity index (χ3v) is 3.89. The van der Waals surface area contributed by atoms with Crippen molar-refractivity contribution in [2.75, 3.05) is 6.26 Å². The summed E-state index contributed by atoms with van der Waals surface area (Å²) < 4.78 is 22.6. The molecule has 1 aromatic carbocycles. The normalized spacial score (nSPS) is 11.8. The molecule has 0 fully saturated rings. The van der Waals surface area contributed by atoms with Crippen LogP contribution < -0.4 is 10.6 Å². The molecule has 21 heavy (non-hydrogen) atoms. The van der Waals surface area contributed by atoms with Crippen molar-refractivity contribution in [1.29, 1.82) is 0 Å². The Hall–Kier alpha value is -2.09. The molecular weight excluding hydrogens is 296 g/mol. The predicted molar refractivity (Wildman–Crippen MR) is 76.6 cm³/mol. The van der Waals surface area contributed by atoms with Crippen molar-refractivity contribution in [3.63, 3.8) is 0 Å². The van der Waals surface area contributed by atoms with Gasteiger partial charge in [0.2, 0.25) is 0 Å². The first kappa shape index (κ1) is 17.0. The summed E-state index contributed by atoms with van der Waals surface area (Å²) in [5, 5.41) is 13.7. The zero-order chi connectivity index (χ0) is 16.3. The van der Waals surface area contributed by atoms with Crippen LogP contribution in [0, 0.1) is 0 Å². The first-order valence-corrected chi connectivity index (χ1v) is 8.00. The van der Waals surface area contributed by atoms with Gasteiger partial charge in [-0.25, -0.2) is 18.0 Å². The maximum atomic E-state index is 11.6. The van der Waals surface area contributed by atoms with Crippen molar-refractivity contribution >= 4 is 21.8 Å². The number of carboxylic acids is 1. The van der Waals surface area contributed by atoms with E-state index in [-0.39, 0.29) is 11.4 Å². The largest absolute Gasteiger partial charge is 0.480 e. The summed E-state index contributed by atoms with van der Waals surface area (Å²) in [4.78, 5) is 22.6. The van der Waals surface area contributed by atoms with Crippen molar-refractivity contribution in [2.45, 2.75) is 30.8 Å². The smallest absolute Gasteiger partial charge is 0.328 e. The average Bonchev–Trinajstić information content (AvgIpc) is 2.35. The maximum absolute atomic E-state index is 11.6. The Morgan fingerprint density at radius 2 is 1.71 bits per heavy atom. The Kier molecular flexibility index (Phi) is 4.95. The fraction of sp³-hybridized carbons (Fsp3) is 0.385. The summed E-state index contributed by atoms with van der Waals surface area (Å²) in [6, 6.07) is 5.45. The van der Waals surface area contributed by atoms with E-state index in [4.69, 9.17) is 5.11 Å². The molecule has 8 heteroatoms. The first-order valence-electron chi connectivity index (χ1n) is 6.11. The lowest BCUT2D eigenvalue weighted by molar-refractivity contribution is -0.142. The number of carboxylic acid groups (broad SMARTS) is 1. The van der Waals surface area contributed by atoms with E-state index >= 15 is 0 Å². The molecule has 7 nitrogen and oxygen atoms in total. The Labute approximate surface area is 123 Å². The van der Waals surface area contributed by atoms with E-state index in [2.05, 4.69) is 10.6 Å². The van der Waals surface area contributed by atoms with Gasteiger partial charge < -0.3 is 15.7 Å². The van der Waals surface area contributed by atoms with E-state index in [1.165, 1.54) is 26.0 Å². The molecule has 0 saturated heterocycles. The summed E-state index contributed by atoms with van der Waals surface area (Å²) in [6.07, 6.45) is 1.11. The average molecular weight is 314 g/mol. The molecular formula is C13H18N2O5S. The fourth-order valence-electron chi connectivity index (χ4n) is 1.42. The molecule has 1 rings (SSSR count). The number of amides is 2. The van der Waals surface area contributed by atoms with Crippen LogP contribution in [0.4, 0.5) is 4.79 Å². The predicted octanol–water partition coefficient (Wildman–Crippen LogP) is 0.752. The molecule has 0 radical (unpaired) electrons. The fourth-order valence-corrected chi connectivity index (χ4v) is 2.05. The molecule has 0 aromatic heterocycles. The minimum absolute atomic E-state index is 0.158. The van der Waals surface area contributed by atoms with Gasteiger partial charge in [0, 0.05) is 12.8 Å². The number of urea groups is 1. The van der Waals surface area contributed by atoms with E-state index in [0.29, 0.717) is 5.56 Å². The summed E-state index contributed by atoms with van der Waals surface area (Å²) in [5.41, 5.74) is -0.671. The number of sulfone groups is 1. The van der Waals surface area contributed by atoms with Gasteiger partial charge in [-0.15, -0.1) is 0 Å². The number of carbonyl (C=O) groups is 2. The summed E-state index contributed by atoms with van der Waals surface area (Å²) >= 11 is 0. The molecule has 0 aliphatic carbocycles. The van der Waals surface area contributed by atoms with E-state index in [1.54, 1.807) is 12.1 Å². The van der Waals surface area contributed by atoms with Gasteiger partial charge in [0.1, 0.15) is 5.54 Å². The SMILES string of the molecule is CC(C)(NC(=O)NCc1ccc(S(C)(=O)=O)cc1)C(=O)O. The van der Waals surface area contributed by atoms with Gasteiger partial charge in [-0.2, -0.15) is 0 Å². The number of nitrogens with one attached hydrogen (secondary N) is 2. The van der Waals surface area contributed by atoms with Crippen LogP contribution >= 0.6 is 0 Å². The van der Waals surface area contributed by atoms with Crippen LogP contribution in [-0.2, 0) is 21.2 Å². The molecule has 0 spiro atoms. The number of rotatable bonds is 5. The van der Waals surface area contributed by atoms with E-state index in [1.807, 2.05) is 0 Å². The third-order valence-electron chi connectivity index (χ3n) is 2.77. The molecule has 0 aliphatic heterocycles. The summed E-state index contributed by atoms with van der Waals surface area (Å²) in [7, 11) is -3.25. The molecule has 0 bridgehead atoms. The second-order valence-electron chi connectivity index (χ2n) is 5.15. The van der Waals surface area contributed by atoms with Gasteiger partial charge >= 0.3 is 12.0 Å². The highest BCUT2D eigenvalue weighted by Crippen LogP contribution is 2.10. The Morgan fingerprint density at radius 3 is 2.14 bits per heavy atom. The van der Waals surface area contributed by atoms with Crippen LogP contribution in [0.5, 0.6) is 0 Å². The molecule has 0 unspecified atom stereocenters. The molecule has 0 aliphatic rings. The number of benzene rings is 1. The second-order valence-corrected chi connectivity index (χ2v) is 7.17. The molecule has 0 heterocycles. The maximum Gasteiger partial charge on any atom is 0.328 e. The van der Waals surface area contributed by atoms with Crippen molar-refractivity contribution in [1.82, 2.24) is 10.6 Å². The molecule has 0 saturated carbocycles. The van der Waals surface area contributed by atoms with Gasteiger partial charge in [0.15, 0.2) is 9.84 Å². The highest BCUT2D eigenvalue weighted by atomic mass is 32.2. The van der Waals surface area contributed by atoms with Crippen LogP contribution in [-0.4, -0.2) is 37.3 Å². The topological polar surface area (TPSA) is 113 Å². The van der Waals surface area contributed by atoms with Crippen molar-refractivity contribution in [3.8, 4) is 0 Å². The highest BCUT2D eigenvalue weighted by Gasteiger charge is 2.28. The van der Waals surface area contributed by atoms with Crippen molar-refractivity contribution in [2.24, 2.45) is 0 Å². The molecule has 3 N–H and O–H groups in total. The summed E-state index contributed by atoms with van der Waals surface area (Å²) in [6.45, 7) is 2.90. The minimum Gasteiger partial charge on any atom is -0.480 e. The lowest BCUT2D eigenvalue weighted by Gasteiger charge is -2.21. The number of carbonyl (C=O) groups excluding carboxylic acids is 1. The second kappa shape index (κ2) is 6.13. The van der Waals surface area contributed by atoms with E-state index < -0.39 is 27.4 Å². The molecule has 1 aromatic rings. The number of aliphatic carboxylic acids is 1. The van der Waals surface area contributed by atoms with Crippen LogP contribution in [0.1, 0.15) is 19.4 Å². The number of hydrogen-bond acceptors (Lipinski definition) is 4. The lowest BCUT2D eigenvalue weighted by Crippen LogP contribution is -2.52. The Morgan fingerprint density at radius 1 is 1.19 bits per heavy atom. The van der Waals surface area contributed by atoms with Gasteiger partial charge in [-0.3, -0.25) is 0 Å². The molecule has 0 atom stereocenters. The van der Waals surface area contributed by atoms with Gasteiger partial charge in [-0.05, 0) is 31.5 Å². The zero-order valence-corrected chi connectivity index (χ0v) is 12.8. The van der Waals surface area contributed by atoms with E-state index in [9.17, 15) is 18.0 Å². The lowest BCUT2D eigenvalue weighted by atomic mass is 10.1. The number of hydrogen-bond donors (Lipinski definition) is 3.